The van der Waals surface area contributed by atoms with Gasteiger partial charge in [-0.2, -0.15) is 0 Å². The van der Waals surface area contributed by atoms with Gasteiger partial charge in [0.1, 0.15) is 5.15 Å². The van der Waals surface area contributed by atoms with Gasteiger partial charge in [-0.15, -0.1) is 0 Å². The van der Waals surface area contributed by atoms with Gasteiger partial charge in [-0.05, 0) is 6.07 Å². The molecule has 0 spiro atoms. The second-order valence-electron chi connectivity index (χ2n) is 3.51. The fourth-order valence-electron chi connectivity index (χ4n) is 1.61. The lowest BCUT2D eigenvalue weighted by Gasteiger charge is -2.27. The molecule has 0 aliphatic carbocycles. The highest BCUT2D eigenvalue weighted by molar-refractivity contribution is 6.29. The van der Waals surface area contributed by atoms with Gasteiger partial charge in [0.15, 0.2) is 0 Å². The average molecular weight is 257 g/mol. The van der Waals surface area contributed by atoms with Gasteiger partial charge in [0.2, 0.25) is 11.7 Å². The minimum atomic E-state index is -0.537. The number of hydrogen-bond donors (Lipinski definition) is 1. The lowest BCUT2D eigenvalue weighted by molar-refractivity contribution is -0.384. The molecule has 2 rings (SSSR count). The summed E-state index contributed by atoms with van der Waals surface area (Å²) in [6.45, 7) is 0.957. The maximum atomic E-state index is 11.2. The number of aromatic nitrogens is 1. The molecule has 17 heavy (non-hydrogen) atoms. The topological polar surface area (TPSA) is 88.4 Å². The first-order chi connectivity index (χ1) is 8.08. The predicted octanol–water partition coefficient (Wildman–Crippen LogP) is 0.579. The van der Waals surface area contributed by atoms with Gasteiger partial charge in [-0.25, -0.2) is 4.98 Å². The van der Waals surface area contributed by atoms with E-state index >= 15 is 0 Å². The number of nitrogens with one attached hydrogen (secondary N) is 1. The van der Waals surface area contributed by atoms with E-state index in [0.29, 0.717) is 13.1 Å². The summed E-state index contributed by atoms with van der Waals surface area (Å²) in [6, 6.07) is 2.64. The van der Waals surface area contributed by atoms with Crippen molar-refractivity contribution in [3.8, 4) is 0 Å². The Balaban J connectivity index is 2.38. The second kappa shape index (κ2) is 4.54. The molecule has 0 aromatic carbocycles. The van der Waals surface area contributed by atoms with Gasteiger partial charge in [-0.1, -0.05) is 11.6 Å². The molecule has 0 saturated carbocycles. The Hall–Kier alpha value is -1.89. The number of halogens is 1. The van der Waals surface area contributed by atoms with Crippen LogP contribution in [0.25, 0.3) is 0 Å². The summed E-state index contributed by atoms with van der Waals surface area (Å²) in [5.74, 6) is -0.0512. The number of piperazine rings is 1. The fourth-order valence-corrected chi connectivity index (χ4v) is 1.76. The first kappa shape index (κ1) is 11.6. The van der Waals surface area contributed by atoms with Crippen LogP contribution in [0.2, 0.25) is 5.15 Å². The molecule has 0 radical (unpaired) electrons. The number of anilines is 1. The minimum absolute atomic E-state index is 0.0498. The normalized spacial score (nSPS) is 15.6. The third-order valence-electron chi connectivity index (χ3n) is 2.36. The smallest absolute Gasteiger partial charge is 0.311 e. The van der Waals surface area contributed by atoms with E-state index in [9.17, 15) is 14.9 Å². The van der Waals surface area contributed by atoms with E-state index in [0.717, 1.165) is 0 Å². The third-order valence-corrected chi connectivity index (χ3v) is 2.57. The van der Waals surface area contributed by atoms with Crippen LogP contribution < -0.4 is 10.2 Å². The second-order valence-corrected chi connectivity index (χ2v) is 3.89. The fraction of sp³-hybridized carbons (Fsp3) is 0.333. The van der Waals surface area contributed by atoms with E-state index in [4.69, 9.17) is 11.6 Å². The SMILES string of the molecule is O=C1CN(c2nc(Cl)ccc2[N+](=O)[O-])CCN1. The molecule has 8 heteroatoms. The van der Waals surface area contributed by atoms with Crippen LogP contribution in [0.3, 0.4) is 0 Å². The lowest BCUT2D eigenvalue weighted by Crippen LogP contribution is -2.48. The summed E-state index contributed by atoms with van der Waals surface area (Å²) in [5.41, 5.74) is -0.149. The Morgan fingerprint density at radius 1 is 1.53 bits per heavy atom. The molecular weight excluding hydrogens is 248 g/mol. The number of pyridine rings is 1. The van der Waals surface area contributed by atoms with E-state index < -0.39 is 4.92 Å². The van der Waals surface area contributed by atoms with E-state index in [-0.39, 0.29) is 29.1 Å². The summed E-state index contributed by atoms with van der Waals surface area (Å²) in [7, 11) is 0. The molecule has 1 fully saturated rings. The minimum Gasteiger partial charge on any atom is -0.353 e. The van der Waals surface area contributed by atoms with Crippen molar-refractivity contribution in [2.45, 2.75) is 0 Å². The summed E-state index contributed by atoms with van der Waals surface area (Å²) in [4.78, 5) is 27.0. The van der Waals surface area contributed by atoms with Gasteiger partial charge < -0.3 is 10.2 Å². The molecule has 1 N–H and O–H groups in total. The van der Waals surface area contributed by atoms with E-state index in [1.165, 1.54) is 12.1 Å². The van der Waals surface area contributed by atoms with Crippen LogP contribution in [-0.2, 0) is 4.79 Å². The van der Waals surface area contributed by atoms with Crippen molar-refractivity contribution >= 4 is 29.0 Å². The van der Waals surface area contributed by atoms with Crippen LogP contribution in [0.1, 0.15) is 0 Å². The molecule has 1 aliphatic heterocycles. The quantitative estimate of drug-likeness (QED) is 0.475. The summed E-state index contributed by atoms with van der Waals surface area (Å²) >= 11 is 5.72. The zero-order valence-corrected chi connectivity index (χ0v) is 9.48. The third kappa shape index (κ3) is 2.44. The molecule has 1 aliphatic rings. The molecule has 1 saturated heterocycles. The van der Waals surface area contributed by atoms with Crippen molar-refractivity contribution in [2.75, 3.05) is 24.5 Å². The molecular formula is C9H9ClN4O3. The molecule has 1 aromatic rings. The number of rotatable bonds is 2. The Bertz CT molecular complexity index is 479. The number of hydrogen-bond acceptors (Lipinski definition) is 5. The number of nitro groups is 1. The summed E-state index contributed by atoms with van der Waals surface area (Å²) in [6.07, 6.45) is 0. The standard InChI is InChI=1S/C9H9ClN4O3/c10-7-2-1-6(14(16)17)9(12-7)13-4-3-11-8(15)5-13/h1-2H,3-5H2,(H,11,15). The van der Waals surface area contributed by atoms with Gasteiger partial charge >= 0.3 is 5.69 Å². The molecule has 1 aromatic heterocycles. The van der Waals surface area contributed by atoms with E-state index in [1.807, 2.05) is 0 Å². The maximum Gasteiger partial charge on any atom is 0.311 e. The van der Waals surface area contributed by atoms with Crippen molar-refractivity contribution in [2.24, 2.45) is 0 Å². The zero-order chi connectivity index (χ0) is 12.4. The Morgan fingerprint density at radius 2 is 2.29 bits per heavy atom. The van der Waals surface area contributed by atoms with E-state index in [1.54, 1.807) is 4.90 Å². The first-order valence-electron chi connectivity index (χ1n) is 4.90. The highest BCUT2D eigenvalue weighted by atomic mass is 35.5. The highest BCUT2D eigenvalue weighted by Gasteiger charge is 2.25. The Morgan fingerprint density at radius 3 is 2.94 bits per heavy atom. The number of carbonyl (C=O) groups is 1. The van der Waals surface area contributed by atoms with Crippen LogP contribution in [0.5, 0.6) is 0 Å². The maximum absolute atomic E-state index is 11.2. The van der Waals surface area contributed by atoms with Gasteiger partial charge in [-0.3, -0.25) is 14.9 Å². The van der Waals surface area contributed by atoms with Crippen molar-refractivity contribution in [3.63, 3.8) is 0 Å². The van der Waals surface area contributed by atoms with Gasteiger partial charge in [0.25, 0.3) is 0 Å². The van der Waals surface area contributed by atoms with Crippen molar-refractivity contribution < 1.29 is 9.72 Å². The number of nitrogens with zero attached hydrogens (tertiary/aromatic N) is 3. The van der Waals surface area contributed by atoms with Crippen LogP contribution in [0.4, 0.5) is 11.5 Å². The van der Waals surface area contributed by atoms with Crippen LogP contribution in [0.15, 0.2) is 12.1 Å². The molecule has 1 amide bonds. The molecule has 7 nitrogen and oxygen atoms in total. The molecule has 0 unspecified atom stereocenters. The largest absolute Gasteiger partial charge is 0.353 e. The van der Waals surface area contributed by atoms with Crippen molar-refractivity contribution in [1.82, 2.24) is 10.3 Å². The lowest BCUT2D eigenvalue weighted by atomic mass is 10.3. The number of amides is 1. The van der Waals surface area contributed by atoms with Crippen molar-refractivity contribution in [1.29, 1.82) is 0 Å². The summed E-state index contributed by atoms with van der Waals surface area (Å²) < 4.78 is 0. The van der Waals surface area contributed by atoms with E-state index in [2.05, 4.69) is 10.3 Å². The zero-order valence-electron chi connectivity index (χ0n) is 8.72. The van der Waals surface area contributed by atoms with Crippen molar-refractivity contribution in [3.05, 3.63) is 27.4 Å². The highest BCUT2D eigenvalue weighted by Crippen LogP contribution is 2.27. The molecule has 0 bridgehead atoms. The number of carbonyl (C=O) groups excluding carboxylic acids is 1. The van der Waals surface area contributed by atoms with Crippen LogP contribution in [-0.4, -0.2) is 35.4 Å². The van der Waals surface area contributed by atoms with Crippen LogP contribution in [0, 0.1) is 10.1 Å². The Labute approximate surface area is 102 Å². The monoisotopic (exact) mass is 256 g/mol. The average Bonchev–Trinajstić information content (AvgIpc) is 2.28. The molecule has 90 valence electrons. The van der Waals surface area contributed by atoms with Crippen LogP contribution >= 0.6 is 11.6 Å². The molecule has 0 atom stereocenters. The van der Waals surface area contributed by atoms with Gasteiger partial charge in [0, 0.05) is 19.2 Å². The predicted molar refractivity (Wildman–Crippen MR) is 61.1 cm³/mol. The Kier molecular flexibility index (Phi) is 3.10. The molecule has 2 heterocycles. The first-order valence-corrected chi connectivity index (χ1v) is 5.28. The summed E-state index contributed by atoms with van der Waals surface area (Å²) in [5, 5.41) is 13.6. The van der Waals surface area contributed by atoms with Gasteiger partial charge in [0.05, 0.1) is 11.5 Å².